The molecule has 3 rings (SSSR count). The molecule has 1 aromatic rings. The van der Waals surface area contributed by atoms with Gasteiger partial charge in [-0.05, 0) is 56.2 Å². The van der Waals surface area contributed by atoms with Crippen LogP contribution in [0.2, 0.25) is 0 Å². The van der Waals surface area contributed by atoms with Gasteiger partial charge in [-0.15, -0.1) is 0 Å². The number of ether oxygens (including phenoxy) is 2. The summed E-state index contributed by atoms with van der Waals surface area (Å²) < 4.78 is 24.9. The molecule has 150 valence electrons. The fraction of sp³-hybridized carbons (Fsp3) is 0.667. The fourth-order valence-electron chi connectivity index (χ4n) is 3.77. The quantitative estimate of drug-likeness (QED) is 0.451. The minimum absolute atomic E-state index is 0.166. The van der Waals surface area contributed by atoms with E-state index in [0.29, 0.717) is 12.2 Å². The zero-order chi connectivity index (χ0) is 18.9. The zero-order valence-corrected chi connectivity index (χ0v) is 16.3. The van der Waals surface area contributed by atoms with Crippen LogP contribution in [0.3, 0.4) is 0 Å². The Labute approximate surface area is 161 Å². The molecule has 0 aromatic heterocycles. The summed E-state index contributed by atoms with van der Waals surface area (Å²) in [5.74, 6) is 0.785. The van der Waals surface area contributed by atoms with E-state index in [2.05, 4.69) is 15.2 Å². The Balaban J connectivity index is 1.32. The van der Waals surface area contributed by atoms with Gasteiger partial charge in [0.25, 0.3) is 0 Å². The summed E-state index contributed by atoms with van der Waals surface area (Å²) in [4.78, 5) is 6.71. The van der Waals surface area contributed by atoms with Crippen molar-refractivity contribution in [2.75, 3.05) is 39.9 Å². The lowest BCUT2D eigenvalue weighted by molar-refractivity contribution is -0.0367. The maximum atomic E-state index is 13.2. The van der Waals surface area contributed by atoms with Gasteiger partial charge < -0.3 is 19.7 Å². The highest BCUT2D eigenvalue weighted by molar-refractivity contribution is 5.79. The Morgan fingerprint density at radius 3 is 2.89 bits per heavy atom. The van der Waals surface area contributed by atoms with E-state index in [1.807, 2.05) is 13.1 Å². The summed E-state index contributed by atoms with van der Waals surface area (Å²) in [6.07, 6.45) is 6.78. The highest BCUT2D eigenvalue weighted by Gasteiger charge is 2.24. The van der Waals surface area contributed by atoms with Gasteiger partial charge in [-0.2, -0.15) is 0 Å². The Kier molecular flexibility index (Phi) is 7.90. The van der Waals surface area contributed by atoms with Crippen molar-refractivity contribution < 1.29 is 13.9 Å². The van der Waals surface area contributed by atoms with Gasteiger partial charge in [0, 0.05) is 33.3 Å². The zero-order valence-electron chi connectivity index (χ0n) is 16.3. The van der Waals surface area contributed by atoms with Crippen molar-refractivity contribution in [2.24, 2.45) is 4.99 Å². The Bertz CT molecular complexity index is 597. The van der Waals surface area contributed by atoms with E-state index >= 15 is 0 Å². The topological polar surface area (TPSA) is 46.1 Å². The SMILES string of the molecule is CN=C(NCCCc1cccc(F)c1)N1CCC(OCC2CCCO2)CC1. The third kappa shape index (κ3) is 6.47. The number of halogens is 1. The van der Waals surface area contributed by atoms with Crippen LogP contribution in [0.25, 0.3) is 0 Å². The van der Waals surface area contributed by atoms with E-state index in [4.69, 9.17) is 9.47 Å². The van der Waals surface area contributed by atoms with Crippen LogP contribution in [0.5, 0.6) is 0 Å². The molecule has 0 spiro atoms. The summed E-state index contributed by atoms with van der Waals surface area (Å²) in [6.45, 7) is 4.36. The number of guanidine groups is 1. The van der Waals surface area contributed by atoms with Crippen molar-refractivity contribution in [1.29, 1.82) is 0 Å². The van der Waals surface area contributed by atoms with Gasteiger partial charge in [-0.3, -0.25) is 4.99 Å². The Morgan fingerprint density at radius 2 is 2.19 bits per heavy atom. The van der Waals surface area contributed by atoms with Crippen LogP contribution in [0.4, 0.5) is 4.39 Å². The van der Waals surface area contributed by atoms with Crippen LogP contribution in [-0.4, -0.2) is 63.0 Å². The van der Waals surface area contributed by atoms with Crippen molar-refractivity contribution in [3.63, 3.8) is 0 Å². The smallest absolute Gasteiger partial charge is 0.193 e. The van der Waals surface area contributed by atoms with E-state index < -0.39 is 0 Å². The summed E-state index contributed by atoms with van der Waals surface area (Å²) in [5.41, 5.74) is 1.04. The number of hydrogen-bond acceptors (Lipinski definition) is 3. The van der Waals surface area contributed by atoms with E-state index in [1.165, 1.54) is 6.07 Å². The van der Waals surface area contributed by atoms with Crippen LogP contribution >= 0.6 is 0 Å². The fourth-order valence-corrected chi connectivity index (χ4v) is 3.77. The maximum Gasteiger partial charge on any atom is 0.193 e. The molecule has 1 unspecified atom stereocenters. The summed E-state index contributed by atoms with van der Waals surface area (Å²) >= 11 is 0. The third-order valence-electron chi connectivity index (χ3n) is 5.31. The van der Waals surface area contributed by atoms with E-state index in [0.717, 1.165) is 82.9 Å². The highest BCUT2D eigenvalue weighted by Crippen LogP contribution is 2.17. The van der Waals surface area contributed by atoms with Crippen molar-refractivity contribution in [1.82, 2.24) is 10.2 Å². The largest absolute Gasteiger partial charge is 0.376 e. The Morgan fingerprint density at radius 1 is 1.33 bits per heavy atom. The number of nitrogens with one attached hydrogen (secondary N) is 1. The molecule has 2 aliphatic heterocycles. The lowest BCUT2D eigenvalue weighted by atomic mass is 10.1. The van der Waals surface area contributed by atoms with Gasteiger partial charge in [0.05, 0.1) is 18.8 Å². The first kappa shape index (κ1) is 20.1. The molecule has 0 amide bonds. The summed E-state index contributed by atoms with van der Waals surface area (Å²) in [7, 11) is 1.83. The van der Waals surface area contributed by atoms with Crippen LogP contribution < -0.4 is 5.32 Å². The van der Waals surface area contributed by atoms with Gasteiger partial charge in [-0.25, -0.2) is 4.39 Å². The number of benzene rings is 1. The molecule has 1 aromatic carbocycles. The lowest BCUT2D eigenvalue weighted by Crippen LogP contribution is -2.47. The average molecular weight is 378 g/mol. The molecule has 0 saturated carbocycles. The predicted octanol–water partition coefficient (Wildman–Crippen LogP) is 2.99. The second-order valence-corrected chi connectivity index (χ2v) is 7.36. The number of likely N-dealkylation sites (tertiary alicyclic amines) is 1. The molecule has 6 heteroatoms. The van der Waals surface area contributed by atoms with Gasteiger partial charge in [-0.1, -0.05) is 12.1 Å². The second-order valence-electron chi connectivity index (χ2n) is 7.36. The van der Waals surface area contributed by atoms with Gasteiger partial charge in [0.1, 0.15) is 5.82 Å². The summed E-state index contributed by atoms with van der Waals surface area (Å²) in [5, 5.41) is 3.44. The van der Waals surface area contributed by atoms with Crippen molar-refractivity contribution >= 4 is 5.96 Å². The number of nitrogens with zero attached hydrogens (tertiary/aromatic N) is 2. The van der Waals surface area contributed by atoms with Crippen molar-refractivity contribution in [3.8, 4) is 0 Å². The highest BCUT2D eigenvalue weighted by atomic mass is 19.1. The van der Waals surface area contributed by atoms with Crippen LogP contribution in [-0.2, 0) is 15.9 Å². The molecule has 2 heterocycles. The standard InChI is InChI=1S/C21H32FN3O2/c1-23-21(24-11-3-6-17-5-2-7-18(22)15-17)25-12-9-19(10-13-25)27-16-20-8-4-14-26-20/h2,5,7,15,19-20H,3-4,6,8-14,16H2,1H3,(H,23,24). The third-order valence-corrected chi connectivity index (χ3v) is 5.31. The molecule has 0 bridgehead atoms. The first-order chi connectivity index (χ1) is 13.2. The van der Waals surface area contributed by atoms with E-state index in [9.17, 15) is 4.39 Å². The number of aryl methyl sites for hydroxylation is 1. The maximum absolute atomic E-state index is 13.2. The Hall–Kier alpha value is -1.66. The van der Waals surface area contributed by atoms with Gasteiger partial charge in [0.15, 0.2) is 5.96 Å². The number of hydrogen-bond donors (Lipinski definition) is 1. The molecular weight excluding hydrogens is 345 g/mol. The molecule has 5 nitrogen and oxygen atoms in total. The number of rotatable bonds is 7. The first-order valence-corrected chi connectivity index (χ1v) is 10.2. The van der Waals surface area contributed by atoms with Crippen LogP contribution in [0.15, 0.2) is 29.3 Å². The van der Waals surface area contributed by atoms with E-state index in [1.54, 1.807) is 12.1 Å². The molecule has 27 heavy (non-hydrogen) atoms. The minimum atomic E-state index is -0.166. The monoisotopic (exact) mass is 377 g/mol. The molecule has 0 aliphatic carbocycles. The predicted molar refractivity (Wildman–Crippen MR) is 106 cm³/mol. The van der Waals surface area contributed by atoms with E-state index in [-0.39, 0.29) is 5.82 Å². The molecule has 2 fully saturated rings. The molecule has 1 atom stereocenters. The normalized spacial score (nSPS) is 21.6. The first-order valence-electron chi connectivity index (χ1n) is 10.2. The summed E-state index contributed by atoms with van der Waals surface area (Å²) in [6, 6.07) is 6.83. The molecule has 0 radical (unpaired) electrons. The van der Waals surface area contributed by atoms with Crippen LogP contribution in [0, 0.1) is 5.82 Å². The van der Waals surface area contributed by atoms with Gasteiger partial charge >= 0.3 is 0 Å². The van der Waals surface area contributed by atoms with Crippen molar-refractivity contribution in [2.45, 2.75) is 50.7 Å². The molecule has 2 saturated heterocycles. The lowest BCUT2D eigenvalue weighted by Gasteiger charge is -2.34. The van der Waals surface area contributed by atoms with Crippen molar-refractivity contribution in [3.05, 3.63) is 35.6 Å². The van der Waals surface area contributed by atoms with Gasteiger partial charge in [0.2, 0.25) is 0 Å². The second kappa shape index (κ2) is 10.6. The number of aliphatic imine (C=N–C) groups is 1. The molecule has 2 aliphatic rings. The minimum Gasteiger partial charge on any atom is -0.376 e. The number of piperidine rings is 1. The molecule has 1 N–H and O–H groups in total. The average Bonchev–Trinajstić information content (AvgIpc) is 3.21. The van der Waals surface area contributed by atoms with Crippen LogP contribution in [0.1, 0.15) is 37.7 Å². The molecular formula is C21H32FN3O2.